The predicted octanol–water partition coefficient (Wildman–Crippen LogP) is 1.22. The van der Waals surface area contributed by atoms with Gasteiger partial charge in [-0.1, -0.05) is 12.1 Å². The smallest absolute Gasteiger partial charge is 0.321 e. The summed E-state index contributed by atoms with van der Waals surface area (Å²) in [6, 6.07) is 8.93. The van der Waals surface area contributed by atoms with E-state index in [4.69, 9.17) is 5.26 Å². The largest absolute Gasteiger partial charge is 0.341 e. The number of benzene rings is 1. The summed E-state index contributed by atoms with van der Waals surface area (Å²) in [6.07, 6.45) is 0. The van der Waals surface area contributed by atoms with Gasteiger partial charge in [-0.25, -0.2) is 4.79 Å². The molecule has 0 saturated heterocycles. The first-order chi connectivity index (χ1) is 9.96. The van der Waals surface area contributed by atoms with E-state index in [2.05, 4.69) is 16.7 Å². The number of amides is 3. The number of carbonyl (C=O) groups is 2. The van der Waals surface area contributed by atoms with Crippen LogP contribution in [0.25, 0.3) is 0 Å². The summed E-state index contributed by atoms with van der Waals surface area (Å²) in [5, 5.41) is 13.4. The van der Waals surface area contributed by atoms with E-state index in [9.17, 15) is 9.59 Å². The number of hydrogen-bond acceptors (Lipinski definition) is 4. The van der Waals surface area contributed by atoms with E-state index in [1.54, 1.807) is 12.1 Å². The minimum absolute atomic E-state index is 0.130. The van der Waals surface area contributed by atoms with Crippen LogP contribution in [0.15, 0.2) is 24.3 Å². The van der Waals surface area contributed by atoms with Crippen LogP contribution < -0.4 is 10.6 Å². The highest BCUT2D eigenvalue weighted by Gasteiger charge is 2.15. The zero-order valence-corrected chi connectivity index (χ0v) is 12.5. The molecule has 2 N–H and O–H groups in total. The Hall–Kier alpha value is -2.39. The molecule has 1 rings (SSSR count). The summed E-state index contributed by atoms with van der Waals surface area (Å²) in [6.45, 7) is 4.67. The Morgan fingerprint density at radius 2 is 1.90 bits per heavy atom. The Kier molecular flexibility index (Phi) is 6.37. The number of nitrogens with zero attached hydrogens (tertiary/aromatic N) is 2. The normalized spacial score (nSPS) is 10.3. The molecule has 112 valence electrons. The van der Waals surface area contributed by atoms with Crippen molar-refractivity contribution >= 4 is 11.9 Å². The minimum Gasteiger partial charge on any atom is -0.341 e. The van der Waals surface area contributed by atoms with Gasteiger partial charge < -0.3 is 5.32 Å². The quantitative estimate of drug-likeness (QED) is 0.853. The molecule has 0 atom stereocenters. The molecule has 0 bridgehead atoms. The van der Waals surface area contributed by atoms with Crippen LogP contribution in [0.1, 0.15) is 25.0 Å². The van der Waals surface area contributed by atoms with Crippen LogP contribution >= 0.6 is 0 Å². The van der Waals surface area contributed by atoms with Gasteiger partial charge in [0.25, 0.3) is 0 Å². The van der Waals surface area contributed by atoms with E-state index in [0.717, 1.165) is 5.56 Å². The van der Waals surface area contributed by atoms with E-state index < -0.39 is 6.03 Å². The first-order valence-corrected chi connectivity index (χ1v) is 6.71. The van der Waals surface area contributed by atoms with Gasteiger partial charge in [0.1, 0.15) is 0 Å². The molecule has 0 aliphatic rings. The predicted molar refractivity (Wildman–Crippen MR) is 79.3 cm³/mol. The molecule has 0 aliphatic heterocycles. The highest BCUT2D eigenvalue weighted by atomic mass is 16.2. The van der Waals surface area contributed by atoms with E-state index >= 15 is 0 Å². The van der Waals surface area contributed by atoms with Crippen LogP contribution in [0.4, 0.5) is 4.79 Å². The molecule has 6 nitrogen and oxygen atoms in total. The van der Waals surface area contributed by atoms with Gasteiger partial charge >= 0.3 is 6.03 Å². The van der Waals surface area contributed by atoms with Crippen molar-refractivity contribution in [2.24, 2.45) is 0 Å². The summed E-state index contributed by atoms with van der Waals surface area (Å²) in [5.41, 5.74) is 1.61. The zero-order chi connectivity index (χ0) is 15.8. The molecule has 0 saturated carbocycles. The number of urea groups is 1. The fourth-order valence-electron chi connectivity index (χ4n) is 1.75. The second-order valence-corrected chi connectivity index (χ2v) is 4.93. The number of carbonyl (C=O) groups excluding carboxylic acids is 2. The van der Waals surface area contributed by atoms with Crippen LogP contribution in [0.5, 0.6) is 0 Å². The van der Waals surface area contributed by atoms with Gasteiger partial charge in [0.05, 0.1) is 18.2 Å². The number of hydrogen-bond donors (Lipinski definition) is 2. The standard InChI is InChI=1S/C15H20N4O2/c1-11(2)19(10-14(20)18-15(21)17-3)9-13-6-4-12(8-16)5-7-13/h4-7,11H,9-10H2,1-3H3,(H2,17,18,20,21). The molecule has 1 aromatic carbocycles. The molecule has 21 heavy (non-hydrogen) atoms. The molecule has 0 unspecified atom stereocenters. The fourth-order valence-corrected chi connectivity index (χ4v) is 1.75. The molecule has 0 aliphatic carbocycles. The Labute approximate surface area is 124 Å². The van der Waals surface area contributed by atoms with Crippen molar-refractivity contribution in [3.8, 4) is 6.07 Å². The third-order valence-electron chi connectivity index (χ3n) is 3.03. The Morgan fingerprint density at radius 1 is 1.29 bits per heavy atom. The van der Waals surface area contributed by atoms with Crippen molar-refractivity contribution in [3.63, 3.8) is 0 Å². The average Bonchev–Trinajstić information content (AvgIpc) is 2.46. The highest BCUT2D eigenvalue weighted by Crippen LogP contribution is 2.09. The van der Waals surface area contributed by atoms with E-state index in [1.807, 2.05) is 30.9 Å². The monoisotopic (exact) mass is 288 g/mol. The summed E-state index contributed by atoms with van der Waals surface area (Å²) in [4.78, 5) is 24.8. The summed E-state index contributed by atoms with van der Waals surface area (Å²) < 4.78 is 0. The average molecular weight is 288 g/mol. The van der Waals surface area contributed by atoms with Crippen LogP contribution in [0, 0.1) is 11.3 Å². The molecule has 3 amide bonds. The molecule has 0 fully saturated rings. The fraction of sp³-hybridized carbons (Fsp3) is 0.400. The van der Waals surface area contributed by atoms with Crippen molar-refractivity contribution in [2.75, 3.05) is 13.6 Å². The molecular weight excluding hydrogens is 268 g/mol. The third-order valence-corrected chi connectivity index (χ3v) is 3.03. The van der Waals surface area contributed by atoms with Crippen LogP contribution in [0.3, 0.4) is 0 Å². The Morgan fingerprint density at radius 3 is 2.38 bits per heavy atom. The van der Waals surface area contributed by atoms with Crippen LogP contribution in [-0.2, 0) is 11.3 Å². The van der Waals surface area contributed by atoms with Gasteiger partial charge in [0.2, 0.25) is 5.91 Å². The van der Waals surface area contributed by atoms with Crippen LogP contribution in [0.2, 0.25) is 0 Å². The third kappa shape index (κ3) is 5.63. The lowest BCUT2D eigenvalue weighted by Gasteiger charge is -2.25. The summed E-state index contributed by atoms with van der Waals surface area (Å²) >= 11 is 0. The Balaban J connectivity index is 2.67. The van der Waals surface area contributed by atoms with Gasteiger partial charge in [0.15, 0.2) is 0 Å². The molecule has 1 aromatic rings. The van der Waals surface area contributed by atoms with Gasteiger partial charge in [-0.05, 0) is 31.5 Å². The van der Waals surface area contributed by atoms with Crippen molar-refractivity contribution < 1.29 is 9.59 Å². The zero-order valence-electron chi connectivity index (χ0n) is 12.5. The minimum atomic E-state index is -0.512. The molecule has 0 radical (unpaired) electrons. The summed E-state index contributed by atoms with van der Waals surface area (Å²) in [5.74, 6) is -0.350. The maximum absolute atomic E-state index is 11.8. The lowest BCUT2D eigenvalue weighted by Crippen LogP contribution is -2.45. The molecule has 0 aromatic heterocycles. The molecule has 0 heterocycles. The van der Waals surface area contributed by atoms with E-state index in [1.165, 1.54) is 7.05 Å². The number of imide groups is 1. The lowest BCUT2D eigenvalue weighted by molar-refractivity contribution is -0.121. The van der Waals surface area contributed by atoms with Crippen molar-refractivity contribution in [1.29, 1.82) is 5.26 Å². The number of rotatable bonds is 5. The van der Waals surface area contributed by atoms with Crippen molar-refractivity contribution in [3.05, 3.63) is 35.4 Å². The maximum Gasteiger partial charge on any atom is 0.321 e. The maximum atomic E-state index is 11.8. The molecule has 0 spiro atoms. The first-order valence-electron chi connectivity index (χ1n) is 6.71. The molecule has 6 heteroatoms. The molecular formula is C15H20N4O2. The van der Waals surface area contributed by atoms with Gasteiger partial charge in [0, 0.05) is 19.6 Å². The van der Waals surface area contributed by atoms with Gasteiger partial charge in [-0.2, -0.15) is 5.26 Å². The van der Waals surface area contributed by atoms with Crippen molar-refractivity contribution in [2.45, 2.75) is 26.4 Å². The second kappa shape index (κ2) is 8.02. The van der Waals surface area contributed by atoms with Crippen LogP contribution in [-0.4, -0.2) is 36.5 Å². The van der Waals surface area contributed by atoms with Gasteiger partial charge in [-0.15, -0.1) is 0 Å². The SMILES string of the molecule is CNC(=O)NC(=O)CN(Cc1ccc(C#N)cc1)C(C)C. The topological polar surface area (TPSA) is 85.2 Å². The van der Waals surface area contributed by atoms with E-state index in [0.29, 0.717) is 12.1 Å². The number of nitrogens with one attached hydrogen (secondary N) is 2. The second-order valence-electron chi connectivity index (χ2n) is 4.93. The number of nitriles is 1. The highest BCUT2D eigenvalue weighted by molar-refractivity contribution is 5.95. The Bertz CT molecular complexity index is 532. The lowest BCUT2D eigenvalue weighted by atomic mass is 10.1. The van der Waals surface area contributed by atoms with Gasteiger partial charge in [-0.3, -0.25) is 15.0 Å². The first kappa shape index (κ1) is 16.7. The van der Waals surface area contributed by atoms with Crippen molar-refractivity contribution in [1.82, 2.24) is 15.5 Å². The summed E-state index contributed by atoms with van der Waals surface area (Å²) in [7, 11) is 1.46. The van der Waals surface area contributed by atoms with E-state index in [-0.39, 0.29) is 18.5 Å².